The van der Waals surface area contributed by atoms with Gasteiger partial charge in [-0.05, 0) is 44.9 Å². The van der Waals surface area contributed by atoms with Gasteiger partial charge in [0.25, 0.3) is 0 Å². The molecule has 2 rings (SSSR count). The minimum atomic E-state index is 0.381. The van der Waals surface area contributed by atoms with Crippen molar-refractivity contribution in [2.45, 2.75) is 51.6 Å². The van der Waals surface area contributed by atoms with E-state index in [2.05, 4.69) is 25.7 Å². The lowest BCUT2D eigenvalue weighted by atomic mass is 9.96. The highest BCUT2D eigenvalue weighted by Crippen LogP contribution is 2.42. The van der Waals surface area contributed by atoms with Crippen LogP contribution in [0.1, 0.15) is 40.0 Å². The Bertz CT molecular complexity index is 208. The largest absolute Gasteiger partial charge is 0.329 e. The summed E-state index contributed by atoms with van der Waals surface area (Å²) >= 11 is 0. The zero-order valence-corrected chi connectivity index (χ0v) is 9.79. The molecule has 2 fully saturated rings. The van der Waals surface area contributed by atoms with Crippen molar-refractivity contribution in [3.63, 3.8) is 0 Å². The molecule has 2 unspecified atom stereocenters. The second-order valence-electron chi connectivity index (χ2n) is 5.91. The number of likely N-dealkylation sites (tertiary alicyclic amines) is 1. The Kier molecular flexibility index (Phi) is 2.61. The van der Waals surface area contributed by atoms with Crippen LogP contribution in [0.5, 0.6) is 0 Å². The number of nitrogens with zero attached hydrogens (tertiary/aromatic N) is 1. The first-order valence-corrected chi connectivity index (χ1v) is 6.01. The quantitative estimate of drug-likeness (QED) is 0.746. The molecule has 2 nitrogen and oxygen atoms in total. The van der Waals surface area contributed by atoms with E-state index >= 15 is 0 Å². The minimum Gasteiger partial charge on any atom is -0.329 e. The average Bonchev–Trinajstić information content (AvgIpc) is 2.82. The summed E-state index contributed by atoms with van der Waals surface area (Å²) < 4.78 is 0. The van der Waals surface area contributed by atoms with E-state index in [0.717, 1.165) is 18.4 Å². The second kappa shape index (κ2) is 3.49. The molecule has 14 heavy (non-hydrogen) atoms. The zero-order chi connectivity index (χ0) is 10.3. The van der Waals surface area contributed by atoms with Gasteiger partial charge in [-0.15, -0.1) is 0 Å². The van der Waals surface area contributed by atoms with Gasteiger partial charge in [0, 0.05) is 24.7 Å². The van der Waals surface area contributed by atoms with Gasteiger partial charge in [-0.2, -0.15) is 0 Å². The Morgan fingerprint density at radius 2 is 2.07 bits per heavy atom. The van der Waals surface area contributed by atoms with Gasteiger partial charge in [0.05, 0.1) is 0 Å². The van der Waals surface area contributed by atoms with Crippen LogP contribution in [-0.2, 0) is 0 Å². The lowest BCUT2D eigenvalue weighted by molar-refractivity contribution is 0.105. The fourth-order valence-electron chi connectivity index (χ4n) is 3.26. The Hall–Kier alpha value is -0.0800. The average molecular weight is 196 g/mol. The SMILES string of the molecule is CC1CN(C(CN)C2CC2)C(C)(C)C1. The van der Waals surface area contributed by atoms with E-state index in [9.17, 15) is 0 Å². The number of rotatable bonds is 3. The van der Waals surface area contributed by atoms with Crippen molar-refractivity contribution in [2.75, 3.05) is 13.1 Å². The van der Waals surface area contributed by atoms with Gasteiger partial charge in [-0.1, -0.05) is 6.92 Å². The van der Waals surface area contributed by atoms with Crippen LogP contribution in [0, 0.1) is 11.8 Å². The fourth-order valence-corrected chi connectivity index (χ4v) is 3.26. The first-order chi connectivity index (χ1) is 6.54. The van der Waals surface area contributed by atoms with Gasteiger partial charge in [0.1, 0.15) is 0 Å². The van der Waals surface area contributed by atoms with Crippen molar-refractivity contribution < 1.29 is 0 Å². The summed E-state index contributed by atoms with van der Waals surface area (Å²) in [4.78, 5) is 2.68. The van der Waals surface area contributed by atoms with E-state index < -0.39 is 0 Å². The molecule has 1 heterocycles. The third kappa shape index (κ3) is 1.82. The third-order valence-electron chi connectivity index (χ3n) is 3.94. The van der Waals surface area contributed by atoms with Crippen LogP contribution in [0.15, 0.2) is 0 Å². The first kappa shape index (κ1) is 10.4. The Morgan fingerprint density at radius 1 is 1.43 bits per heavy atom. The number of hydrogen-bond donors (Lipinski definition) is 1. The molecule has 0 amide bonds. The summed E-state index contributed by atoms with van der Waals surface area (Å²) in [6.07, 6.45) is 4.14. The molecule has 2 atom stereocenters. The summed E-state index contributed by atoms with van der Waals surface area (Å²) in [5.41, 5.74) is 6.30. The van der Waals surface area contributed by atoms with Crippen molar-refractivity contribution in [3.05, 3.63) is 0 Å². The summed E-state index contributed by atoms with van der Waals surface area (Å²) in [5.74, 6) is 1.75. The van der Waals surface area contributed by atoms with Crippen molar-refractivity contribution in [3.8, 4) is 0 Å². The summed E-state index contributed by atoms with van der Waals surface area (Å²) in [7, 11) is 0. The molecule has 0 aromatic carbocycles. The molecular formula is C12H24N2. The maximum Gasteiger partial charge on any atom is 0.0252 e. The molecule has 1 saturated heterocycles. The van der Waals surface area contributed by atoms with Crippen LogP contribution in [0.2, 0.25) is 0 Å². The van der Waals surface area contributed by atoms with E-state index in [1.807, 2.05) is 0 Å². The van der Waals surface area contributed by atoms with E-state index in [0.29, 0.717) is 11.6 Å². The summed E-state index contributed by atoms with van der Waals surface area (Å²) in [6, 6.07) is 0.662. The van der Waals surface area contributed by atoms with E-state index in [1.165, 1.54) is 25.8 Å². The standard InChI is InChI=1S/C12H24N2/c1-9-6-12(2,3)14(8-9)11(7-13)10-4-5-10/h9-11H,4-8,13H2,1-3H3. The van der Waals surface area contributed by atoms with E-state index in [-0.39, 0.29) is 0 Å². The maximum atomic E-state index is 5.92. The molecule has 2 aliphatic rings. The Morgan fingerprint density at radius 3 is 2.43 bits per heavy atom. The zero-order valence-electron chi connectivity index (χ0n) is 9.79. The van der Waals surface area contributed by atoms with Crippen molar-refractivity contribution >= 4 is 0 Å². The second-order valence-corrected chi connectivity index (χ2v) is 5.91. The van der Waals surface area contributed by atoms with E-state index in [1.54, 1.807) is 0 Å². The molecule has 0 aromatic rings. The summed E-state index contributed by atoms with van der Waals surface area (Å²) in [6.45, 7) is 9.22. The Labute approximate surface area is 87.8 Å². The van der Waals surface area contributed by atoms with Crippen LogP contribution >= 0.6 is 0 Å². The van der Waals surface area contributed by atoms with Gasteiger partial charge in [-0.3, -0.25) is 4.90 Å². The Balaban J connectivity index is 2.07. The van der Waals surface area contributed by atoms with E-state index in [4.69, 9.17) is 5.73 Å². The monoisotopic (exact) mass is 196 g/mol. The fraction of sp³-hybridized carbons (Fsp3) is 1.00. The number of nitrogens with two attached hydrogens (primary N) is 1. The molecule has 1 saturated carbocycles. The minimum absolute atomic E-state index is 0.381. The predicted octanol–water partition coefficient (Wildman–Crippen LogP) is 1.84. The number of hydrogen-bond acceptors (Lipinski definition) is 2. The highest BCUT2D eigenvalue weighted by Gasteiger charge is 2.44. The van der Waals surface area contributed by atoms with Gasteiger partial charge in [0.2, 0.25) is 0 Å². The molecule has 82 valence electrons. The van der Waals surface area contributed by atoms with Gasteiger partial charge < -0.3 is 5.73 Å². The highest BCUT2D eigenvalue weighted by atomic mass is 15.3. The molecule has 0 spiro atoms. The van der Waals surface area contributed by atoms with Gasteiger partial charge in [-0.25, -0.2) is 0 Å². The molecule has 1 aliphatic carbocycles. The van der Waals surface area contributed by atoms with Crippen molar-refractivity contribution in [1.29, 1.82) is 0 Å². The summed E-state index contributed by atoms with van der Waals surface area (Å²) in [5, 5.41) is 0. The van der Waals surface area contributed by atoms with Crippen molar-refractivity contribution in [1.82, 2.24) is 4.90 Å². The lowest BCUT2D eigenvalue weighted by Crippen LogP contribution is -2.49. The third-order valence-corrected chi connectivity index (χ3v) is 3.94. The van der Waals surface area contributed by atoms with Crippen molar-refractivity contribution in [2.24, 2.45) is 17.6 Å². The molecule has 2 N–H and O–H groups in total. The van der Waals surface area contributed by atoms with Crippen LogP contribution in [0.4, 0.5) is 0 Å². The molecule has 1 aliphatic heterocycles. The van der Waals surface area contributed by atoms with Crippen LogP contribution in [-0.4, -0.2) is 29.6 Å². The normalized spacial score (nSPS) is 34.7. The maximum absolute atomic E-state index is 5.92. The molecule has 0 radical (unpaired) electrons. The smallest absolute Gasteiger partial charge is 0.0252 e. The van der Waals surface area contributed by atoms with Crippen LogP contribution in [0.3, 0.4) is 0 Å². The molecule has 0 aromatic heterocycles. The van der Waals surface area contributed by atoms with Crippen LogP contribution in [0.25, 0.3) is 0 Å². The predicted molar refractivity (Wildman–Crippen MR) is 60.1 cm³/mol. The molecular weight excluding hydrogens is 172 g/mol. The highest BCUT2D eigenvalue weighted by molar-refractivity contribution is 4.99. The van der Waals surface area contributed by atoms with Gasteiger partial charge >= 0.3 is 0 Å². The topological polar surface area (TPSA) is 29.3 Å². The molecule has 2 heteroatoms. The molecule has 0 bridgehead atoms. The van der Waals surface area contributed by atoms with Gasteiger partial charge in [0.15, 0.2) is 0 Å². The van der Waals surface area contributed by atoms with Crippen LogP contribution < -0.4 is 5.73 Å². The lowest BCUT2D eigenvalue weighted by Gasteiger charge is -2.38. The first-order valence-electron chi connectivity index (χ1n) is 6.01.